The Morgan fingerprint density at radius 3 is 2.67 bits per heavy atom. The van der Waals surface area contributed by atoms with Gasteiger partial charge in [-0.1, -0.05) is 29.4 Å². The molecule has 8 heteroatoms. The molecule has 1 N–H and O–H groups in total. The molecule has 7 nitrogen and oxygen atoms in total. The molecule has 3 rings (SSSR count). The van der Waals surface area contributed by atoms with E-state index in [2.05, 4.69) is 20.4 Å². The molecule has 156 valence electrons. The van der Waals surface area contributed by atoms with Crippen molar-refractivity contribution in [2.75, 3.05) is 18.5 Å². The smallest absolute Gasteiger partial charge is 0.224 e. The van der Waals surface area contributed by atoms with Crippen LogP contribution < -0.4 is 5.32 Å². The Morgan fingerprint density at radius 2 is 2.03 bits per heavy atom. The number of nitrogens with zero attached hydrogens (tertiary/aromatic N) is 3. The van der Waals surface area contributed by atoms with Gasteiger partial charge in [0.05, 0.1) is 12.3 Å². The zero-order chi connectivity index (χ0) is 21.5. The first kappa shape index (κ1) is 21.7. The number of aldehydes is 1. The molecule has 0 amide bonds. The molecule has 0 radical (unpaired) electrons. The van der Waals surface area contributed by atoms with Crippen LogP contribution in [0.2, 0.25) is 5.28 Å². The molecule has 0 spiro atoms. The van der Waals surface area contributed by atoms with Gasteiger partial charge in [0.15, 0.2) is 0 Å². The third-order valence-electron chi connectivity index (χ3n) is 4.49. The monoisotopic (exact) mass is 426 g/mol. The lowest BCUT2D eigenvalue weighted by atomic mass is 10.0. The van der Waals surface area contributed by atoms with Gasteiger partial charge in [-0.05, 0) is 49.6 Å². The Kier molecular flexibility index (Phi) is 7.32. The summed E-state index contributed by atoms with van der Waals surface area (Å²) in [7, 11) is 0. The summed E-state index contributed by atoms with van der Waals surface area (Å²) in [6.45, 7) is 6.98. The molecule has 0 fully saturated rings. The first-order valence-electron chi connectivity index (χ1n) is 9.54. The van der Waals surface area contributed by atoms with Crippen LogP contribution >= 0.6 is 11.6 Å². The molecule has 2 heterocycles. The summed E-state index contributed by atoms with van der Waals surface area (Å²) in [5.74, 6) is 1.34. The zero-order valence-electron chi connectivity index (χ0n) is 17.1. The Bertz CT molecular complexity index is 1030. The van der Waals surface area contributed by atoms with Crippen molar-refractivity contribution in [2.45, 2.75) is 27.3 Å². The third kappa shape index (κ3) is 5.31. The molecule has 0 saturated heterocycles. The van der Waals surface area contributed by atoms with Crippen LogP contribution in [0.3, 0.4) is 0 Å². The quantitative estimate of drug-likeness (QED) is 0.303. The molecule has 0 aliphatic rings. The molecular weight excluding hydrogens is 404 g/mol. The van der Waals surface area contributed by atoms with Crippen LogP contribution in [-0.2, 0) is 16.1 Å². The summed E-state index contributed by atoms with van der Waals surface area (Å²) < 4.78 is 10.6. The summed E-state index contributed by atoms with van der Waals surface area (Å²) in [4.78, 5) is 19.6. The van der Waals surface area contributed by atoms with Gasteiger partial charge in [0.2, 0.25) is 5.28 Å². The van der Waals surface area contributed by atoms with Crippen molar-refractivity contribution in [3.05, 3.63) is 63.9 Å². The van der Waals surface area contributed by atoms with Crippen molar-refractivity contribution >= 4 is 29.8 Å². The highest BCUT2D eigenvalue weighted by atomic mass is 35.5. The molecule has 0 aliphatic carbocycles. The van der Waals surface area contributed by atoms with E-state index in [4.69, 9.17) is 20.9 Å². The molecule has 0 atom stereocenters. The Labute approximate surface area is 180 Å². The minimum atomic E-state index is 0.126. The summed E-state index contributed by atoms with van der Waals surface area (Å²) in [6.07, 6.45) is 4.04. The van der Waals surface area contributed by atoms with E-state index in [9.17, 15) is 4.79 Å². The van der Waals surface area contributed by atoms with Crippen LogP contribution in [0, 0.1) is 13.8 Å². The van der Waals surface area contributed by atoms with Crippen LogP contribution in [0.15, 0.2) is 40.6 Å². The highest BCUT2D eigenvalue weighted by molar-refractivity contribution is 6.28. The Balaban J connectivity index is 1.76. The fourth-order valence-corrected chi connectivity index (χ4v) is 3.15. The number of aryl methyl sites for hydroxylation is 2. The molecule has 30 heavy (non-hydrogen) atoms. The molecule has 0 aliphatic heterocycles. The summed E-state index contributed by atoms with van der Waals surface area (Å²) >= 11 is 5.97. The summed E-state index contributed by atoms with van der Waals surface area (Å²) in [6, 6.07) is 8.12. The summed E-state index contributed by atoms with van der Waals surface area (Å²) in [5, 5.41) is 7.40. The molecular formula is C22H23ClN4O3. The number of ether oxygens (including phenoxy) is 1. The molecule has 0 saturated carbocycles. The van der Waals surface area contributed by atoms with Gasteiger partial charge in [0.1, 0.15) is 17.9 Å². The van der Waals surface area contributed by atoms with Gasteiger partial charge < -0.3 is 14.6 Å². The van der Waals surface area contributed by atoms with Gasteiger partial charge in [-0.3, -0.25) is 4.79 Å². The van der Waals surface area contributed by atoms with Crippen molar-refractivity contribution in [3.8, 4) is 11.1 Å². The van der Waals surface area contributed by atoms with Gasteiger partial charge in [-0.2, -0.15) is 0 Å². The van der Waals surface area contributed by atoms with Gasteiger partial charge in [-0.25, -0.2) is 9.97 Å². The van der Waals surface area contributed by atoms with E-state index in [1.807, 2.05) is 45.0 Å². The number of aromatic nitrogens is 3. The SMILES string of the molecule is CCOC/C(C=O)=C/c1cnc(Cl)nc1NCc1ccc(-c2c(C)noc2C)cc1. The Hall–Kier alpha value is -3.03. The maximum Gasteiger partial charge on any atom is 0.224 e. The number of hydrogen-bond acceptors (Lipinski definition) is 7. The first-order valence-corrected chi connectivity index (χ1v) is 9.91. The second-order valence-corrected chi connectivity index (χ2v) is 7.00. The van der Waals surface area contributed by atoms with E-state index < -0.39 is 0 Å². The third-order valence-corrected chi connectivity index (χ3v) is 4.67. The van der Waals surface area contributed by atoms with E-state index >= 15 is 0 Å². The zero-order valence-corrected chi connectivity index (χ0v) is 17.9. The first-order chi connectivity index (χ1) is 14.5. The minimum absolute atomic E-state index is 0.126. The predicted octanol–water partition coefficient (Wildman–Crippen LogP) is 4.63. The number of carbonyl (C=O) groups excluding carboxylic acids is 1. The van der Waals surface area contributed by atoms with Crippen LogP contribution in [0.1, 0.15) is 29.5 Å². The fourth-order valence-electron chi connectivity index (χ4n) is 3.02. The van der Waals surface area contributed by atoms with Gasteiger partial charge >= 0.3 is 0 Å². The standard InChI is InChI=1S/C22H23ClN4O3/c1-4-29-13-17(12-28)9-19-11-25-22(23)26-21(19)24-10-16-5-7-18(8-6-16)20-14(2)27-30-15(20)3/h5-9,11-12H,4,10,13H2,1-3H3,(H,24,25,26)/b17-9+. The average molecular weight is 427 g/mol. The molecule has 3 aromatic rings. The second-order valence-electron chi connectivity index (χ2n) is 6.67. The lowest BCUT2D eigenvalue weighted by Gasteiger charge is -2.10. The predicted molar refractivity (Wildman–Crippen MR) is 116 cm³/mol. The van der Waals surface area contributed by atoms with Crippen molar-refractivity contribution in [1.29, 1.82) is 0 Å². The topological polar surface area (TPSA) is 90.1 Å². The van der Waals surface area contributed by atoms with Crippen molar-refractivity contribution in [3.63, 3.8) is 0 Å². The molecule has 0 bridgehead atoms. The second kappa shape index (κ2) is 10.1. The highest BCUT2D eigenvalue weighted by Gasteiger charge is 2.11. The number of hydrogen-bond donors (Lipinski definition) is 1. The van der Waals surface area contributed by atoms with Crippen molar-refractivity contribution in [2.24, 2.45) is 0 Å². The van der Waals surface area contributed by atoms with Crippen molar-refractivity contribution < 1.29 is 14.1 Å². The lowest BCUT2D eigenvalue weighted by molar-refractivity contribution is -0.105. The Morgan fingerprint density at radius 1 is 1.27 bits per heavy atom. The molecule has 2 aromatic heterocycles. The normalized spacial score (nSPS) is 11.5. The lowest BCUT2D eigenvalue weighted by Crippen LogP contribution is -2.05. The van der Waals surface area contributed by atoms with E-state index in [1.54, 1.807) is 12.3 Å². The molecule has 0 unspecified atom stereocenters. The average Bonchev–Trinajstić information content (AvgIpc) is 3.09. The summed E-state index contributed by atoms with van der Waals surface area (Å²) in [5.41, 5.74) is 5.14. The van der Waals surface area contributed by atoms with Crippen LogP contribution in [0.25, 0.3) is 17.2 Å². The largest absolute Gasteiger partial charge is 0.377 e. The maximum absolute atomic E-state index is 11.3. The van der Waals surface area contributed by atoms with E-state index in [0.29, 0.717) is 30.1 Å². The van der Waals surface area contributed by atoms with Crippen LogP contribution in [0.4, 0.5) is 5.82 Å². The number of halogens is 1. The van der Waals surface area contributed by atoms with Crippen LogP contribution in [-0.4, -0.2) is 34.6 Å². The number of benzene rings is 1. The number of nitrogens with one attached hydrogen (secondary N) is 1. The molecule has 1 aromatic carbocycles. The maximum atomic E-state index is 11.3. The number of anilines is 1. The van der Waals surface area contributed by atoms with E-state index in [0.717, 1.165) is 34.4 Å². The van der Waals surface area contributed by atoms with Crippen molar-refractivity contribution in [1.82, 2.24) is 15.1 Å². The fraction of sp³-hybridized carbons (Fsp3) is 0.273. The van der Waals surface area contributed by atoms with Gasteiger partial charge in [0.25, 0.3) is 0 Å². The number of rotatable bonds is 9. The van der Waals surface area contributed by atoms with E-state index in [1.165, 1.54) is 0 Å². The minimum Gasteiger partial charge on any atom is -0.377 e. The number of carbonyl (C=O) groups is 1. The van der Waals surface area contributed by atoms with Crippen LogP contribution in [0.5, 0.6) is 0 Å². The van der Waals surface area contributed by atoms with Gasteiger partial charge in [0, 0.05) is 36.0 Å². The van der Waals surface area contributed by atoms with E-state index in [-0.39, 0.29) is 11.9 Å². The highest BCUT2D eigenvalue weighted by Crippen LogP contribution is 2.27. The van der Waals surface area contributed by atoms with Gasteiger partial charge in [-0.15, -0.1) is 0 Å².